The van der Waals surface area contributed by atoms with Gasteiger partial charge in [-0.3, -0.25) is 9.59 Å². The maximum Gasteiger partial charge on any atom is 0.251 e. The van der Waals surface area contributed by atoms with Crippen molar-refractivity contribution in [1.29, 1.82) is 0 Å². The number of para-hydroxylation sites is 1. The Hall–Kier alpha value is -2.62. The smallest absolute Gasteiger partial charge is 0.251 e. The van der Waals surface area contributed by atoms with Crippen molar-refractivity contribution in [1.82, 2.24) is 5.32 Å². The number of hydrogen-bond donors (Lipinski definition) is 2. The van der Waals surface area contributed by atoms with E-state index in [1.165, 1.54) is 6.92 Å². The maximum atomic E-state index is 12.3. The summed E-state index contributed by atoms with van der Waals surface area (Å²) in [4.78, 5) is 23.6. The van der Waals surface area contributed by atoms with Crippen LogP contribution in [0.1, 0.15) is 18.5 Å². The van der Waals surface area contributed by atoms with Gasteiger partial charge in [0.05, 0.1) is 0 Å². The van der Waals surface area contributed by atoms with E-state index in [-0.39, 0.29) is 11.8 Å². The van der Waals surface area contributed by atoms with E-state index in [9.17, 15) is 9.59 Å². The molecule has 1 atom stereocenters. The zero-order valence-corrected chi connectivity index (χ0v) is 11.2. The molecule has 2 aromatic carbocycles. The van der Waals surface area contributed by atoms with Crippen LogP contribution >= 0.6 is 0 Å². The third-order valence-corrected chi connectivity index (χ3v) is 2.78. The van der Waals surface area contributed by atoms with Crippen LogP contribution in [0.15, 0.2) is 60.7 Å². The summed E-state index contributed by atoms with van der Waals surface area (Å²) < 4.78 is 0. The summed E-state index contributed by atoms with van der Waals surface area (Å²) in [5, 5.41) is 5.46. The summed E-state index contributed by atoms with van der Waals surface area (Å²) in [6, 6.07) is 17.6. The van der Waals surface area contributed by atoms with Crippen LogP contribution in [0.5, 0.6) is 0 Å². The van der Waals surface area contributed by atoms with Crippen LogP contribution in [0.3, 0.4) is 0 Å². The van der Waals surface area contributed by atoms with Gasteiger partial charge in [0.2, 0.25) is 5.91 Å². The summed E-state index contributed by atoms with van der Waals surface area (Å²) in [5.41, 5.74) is 1.44. The van der Waals surface area contributed by atoms with Crippen LogP contribution in [0.25, 0.3) is 0 Å². The molecular formula is C16H16N2O2. The van der Waals surface area contributed by atoms with E-state index in [2.05, 4.69) is 10.6 Å². The number of rotatable bonds is 4. The van der Waals surface area contributed by atoms with E-state index in [0.29, 0.717) is 5.69 Å². The molecule has 0 saturated heterocycles. The van der Waals surface area contributed by atoms with Crippen LogP contribution in [-0.2, 0) is 9.59 Å². The van der Waals surface area contributed by atoms with Crippen molar-refractivity contribution in [2.24, 2.45) is 0 Å². The highest BCUT2D eigenvalue weighted by Gasteiger charge is 2.21. The van der Waals surface area contributed by atoms with Gasteiger partial charge >= 0.3 is 0 Å². The maximum absolute atomic E-state index is 12.3. The normalized spacial score (nSPS) is 11.4. The highest BCUT2D eigenvalue weighted by molar-refractivity contribution is 5.97. The van der Waals surface area contributed by atoms with Crippen molar-refractivity contribution in [3.8, 4) is 0 Å². The molecule has 0 saturated carbocycles. The number of anilines is 1. The molecule has 0 spiro atoms. The molecule has 0 aliphatic carbocycles. The van der Waals surface area contributed by atoms with Gasteiger partial charge in [0.25, 0.3) is 5.91 Å². The fourth-order valence-electron chi connectivity index (χ4n) is 1.88. The van der Waals surface area contributed by atoms with E-state index in [1.54, 1.807) is 12.1 Å². The fourth-order valence-corrected chi connectivity index (χ4v) is 1.88. The minimum absolute atomic E-state index is 0.248. The van der Waals surface area contributed by atoms with Gasteiger partial charge in [-0.25, -0.2) is 0 Å². The Labute approximate surface area is 117 Å². The Bertz CT molecular complexity index is 582. The predicted molar refractivity (Wildman–Crippen MR) is 78.1 cm³/mol. The largest absolute Gasteiger partial charge is 0.341 e. The SMILES string of the molecule is CC(=O)NC(C(=O)Nc1ccccc1)c1ccccc1. The number of hydrogen-bond acceptors (Lipinski definition) is 2. The van der Waals surface area contributed by atoms with Crippen LogP contribution in [0.2, 0.25) is 0 Å². The standard InChI is InChI=1S/C16H16N2O2/c1-12(19)17-15(13-8-4-2-5-9-13)16(20)18-14-10-6-3-7-11-14/h2-11,15H,1H3,(H,17,19)(H,18,20). The van der Waals surface area contributed by atoms with Crippen LogP contribution in [0, 0.1) is 0 Å². The Morgan fingerprint density at radius 1 is 0.900 bits per heavy atom. The summed E-state index contributed by atoms with van der Waals surface area (Å²) in [5.74, 6) is -0.514. The van der Waals surface area contributed by atoms with E-state index >= 15 is 0 Å². The summed E-state index contributed by atoms with van der Waals surface area (Å²) >= 11 is 0. The van der Waals surface area contributed by atoms with Gasteiger partial charge in [0, 0.05) is 12.6 Å². The van der Waals surface area contributed by atoms with E-state index in [0.717, 1.165) is 5.56 Å². The van der Waals surface area contributed by atoms with Crippen LogP contribution < -0.4 is 10.6 Å². The van der Waals surface area contributed by atoms with E-state index in [1.807, 2.05) is 48.5 Å². The topological polar surface area (TPSA) is 58.2 Å². The van der Waals surface area contributed by atoms with Crippen molar-refractivity contribution < 1.29 is 9.59 Å². The van der Waals surface area contributed by atoms with E-state index in [4.69, 9.17) is 0 Å². The molecule has 0 aliphatic rings. The van der Waals surface area contributed by atoms with E-state index < -0.39 is 6.04 Å². The minimum atomic E-state index is -0.700. The summed E-state index contributed by atoms with van der Waals surface area (Å²) in [6.45, 7) is 1.39. The molecule has 0 bridgehead atoms. The molecule has 2 amide bonds. The number of carbonyl (C=O) groups excluding carboxylic acids is 2. The molecule has 20 heavy (non-hydrogen) atoms. The third-order valence-electron chi connectivity index (χ3n) is 2.78. The first-order chi connectivity index (χ1) is 9.66. The minimum Gasteiger partial charge on any atom is -0.341 e. The average Bonchev–Trinajstić information content (AvgIpc) is 2.46. The molecule has 0 radical (unpaired) electrons. The second kappa shape index (κ2) is 6.52. The quantitative estimate of drug-likeness (QED) is 0.895. The van der Waals surface area contributed by atoms with Crippen molar-refractivity contribution in [3.05, 3.63) is 66.2 Å². The molecule has 0 heterocycles. The van der Waals surface area contributed by atoms with Gasteiger partial charge in [-0.15, -0.1) is 0 Å². The Morgan fingerprint density at radius 3 is 2.00 bits per heavy atom. The molecule has 1 unspecified atom stereocenters. The second-order valence-electron chi connectivity index (χ2n) is 4.40. The fraction of sp³-hybridized carbons (Fsp3) is 0.125. The first-order valence-electron chi connectivity index (χ1n) is 6.35. The lowest BCUT2D eigenvalue weighted by Crippen LogP contribution is -2.35. The Kier molecular flexibility index (Phi) is 4.50. The lowest BCUT2D eigenvalue weighted by atomic mass is 10.1. The van der Waals surface area contributed by atoms with Gasteiger partial charge in [-0.2, -0.15) is 0 Å². The van der Waals surface area contributed by atoms with Gasteiger partial charge in [-0.1, -0.05) is 48.5 Å². The third kappa shape index (κ3) is 3.68. The van der Waals surface area contributed by atoms with Crippen molar-refractivity contribution in [2.45, 2.75) is 13.0 Å². The molecule has 102 valence electrons. The zero-order chi connectivity index (χ0) is 14.4. The lowest BCUT2D eigenvalue weighted by molar-refractivity contribution is -0.125. The molecule has 2 aromatic rings. The number of carbonyl (C=O) groups is 2. The lowest BCUT2D eigenvalue weighted by Gasteiger charge is -2.18. The Morgan fingerprint density at radius 2 is 1.45 bits per heavy atom. The van der Waals surface area contributed by atoms with Gasteiger partial charge in [0.1, 0.15) is 6.04 Å². The van der Waals surface area contributed by atoms with Crippen LogP contribution in [0.4, 0.5) is 5.69 Å². The molecule has 2 rings (SSSR count). The predicted octanol–water partition coefficient (Wildman–Crippen LogP) is 2.50. The molecular weight excluding hydrogens is 252 g/mol. The monoisotopic (exact) mass is 268 g/mol. The van der Waals surface area contributed by atoms with Gasteiger partial charge < -0.3 is 10.6 Å². The molecule has 0 aliphatic heterocycles. The first-order valence-corrected chi connectivity index (χ1v) is 6.35. The summed E-state index contributed by atoms with van der Waals surface area (Å²) in [6.07, 6.45) is 0. The van der Waals surface area contributed by atoms with Crippen molar-refractivity contribution in [3.63, 3.8) is 0 Å². The Balaban J connectivity index is 2.18. The number of benzene rings is 2. The molecule has 2 N–H and O–H groups in total. The average molecular weight is 268 g/mol. The molecule has 4 heteroatoms. The number of nitrogens with one attached hydrogen (secondary N) is 2. The molecule has 0 fully saturated rings. The molecule has 4 nitrogen and oxygen atoms in total. The van der Waals surface area contributed by atoms with Crippen LogP contribution in [-0.4, -0.2) is 11.8 Å². The second-order valence-corrected chi connectivity index (χ2v) is 4.40. The van der Waals surface area contributed by atoms with Gasteiger partial charge in [0.15, 0.2) is 0 Å². The van der Waals surface area contributed by atoms with Crippen molar-refractivity contribution >= 4 is 17.5 Å². The number of amides is 2. The summed E-state index contributed by atoms with van der Waals surface area (Å²) in [7, 11) is 0. The molecule has 0 aromatic heterocycles. The highest BCUT2D eigenvalue weighted by Crippen LogP contribution is 2.15. The zero-order valence-electron chi connectivity index (χ0n) is 11.2. The van der Waals surface area contributed by atoms with Gasteiger partial charge in [-0.05, 0) is 17.7 Å². The highest BCUT2D eigenvalue weighted by atomic mass is 16.2. The van der Waals surface area contributed by atoms with Crippen molar-refractivity contribution in [2.75, 3.05) is 5.32 Å². The first kappa shape index (κ1) is 13.8.